The fraction of sp³-hybridized carbons (Fsp3) is 0.536. The fourth-order valence-electron chi connectivity index (χ4n) is 6.33. The number of nitrogens with zero attached hydrogens (tertiary/aromatic N) is 4. The van der Waals surface area contributed by atoms with Crippen LogP contribution in [0.1, 0.15) is 39.0 Å². The maximum atomic E-state index is 7.25. The van der Waals surface area contributed by atoms with Crippen molar-refractivity contribution >= 4 is 34.4 Å². The van der Waals surface area contributed by atoms with Gasteiger partial charge in [0.25, 0.3) is 0 Å². The second-order valence-electron chi connectivity index (χ2n) is 10.5. The molecule has 0 unspecified atom stereocenters. The highest BCUT2D eigenvalue weighted by Gasteiger charge is 2.44. The highest BCUT2D eigenvalue weighted by atomic mass is 35.5. The first-order valence-corrected chi connectivity index (χ1v) is 13.1. The molecule has 0 bridgehead atoms. The van der Waals surface area contributed by atoms with Gasteiger partial charge in [-0.25, -0.2) is 4.85 Å². The van der Waals surface area contributed by atoms with Gasteiger partial charge in [-0.3, -0.25) is 0 Å². The number of piperidine rings is 2. The average molecular weight is 478 g/mol. The number of benzene rings is 2. The number of hydrogen-bond donors (Lipinski definition) is 1. The quantitative estimate of drug-likeness (QED) is 0.549. The van der Waals surface area contributed by atoms with Crippen LogP contribution in [0.5, 0.6) is 0 Å². The first-order chi connectivity index (χ1) is 16.5. The van der Waals surface area contributed by atoms with Crippen molar-refractivity contribution < 1.29 is 0 Å². The molecule has 1 atom stereocenters. The van der Waals surface area contributed by atoms with E-state index in [2.05, 4.69) is 69.2 Å². The number of anilines is 3. The molecule has 180 valence electrons. The van der Waals surface area contributed by atoms with Gasteiger partial charge in [-0.1, -0.05) is 17.7 Å². The van der Waals surface area contributed by atoms with Gasteiger partial charge in [-0.05, 0) is 87.9 Å². The first kappa shape index (κ1) is 23.3. The maximum Gasteiger partial charge on any atom is 0.205 e. The lowest BCUT2D eigenvalue weighted by atomic mass is 9.76. The molecule has 3 saturated heterocycles. The molecule has 5 nitrogen and oxygen atoms in total. The van der Waals surface area contributed by atoms with E-state index >= 15 is 0 Å². The van der Waals surface area contributed by atoms with Crippen molar-refractivity contribution in [2.45, 2.75) is 51.1 Å². The normalized spacial score (nSPS) is 22.9. The van der Waals surface area contributed by atoms with Gasteiger partial charge >= 0.3 is 0 Å². The molecule has 34 heavy (non-hydrogen) atoms. The number of nitrogens with one attached hydrogen (secondary N) is 1. The predicted octanol–water partition coefficient (Wildman–Crippen LogP) is 5.96. The summed E-state index contributed by atoms with van der Waals surface area (Å²) in [4.78, 5) is 11.1. The molecule has 3 fully saturated rings. The summed E-state index contributed by atoms with van der Waals surface area (Å²) in [6.45, 7) is 15.2. The zero-order valence-electron chi connectivity index (χ0n) is 20.4. The summed E-state index contributed by atoms with van der Waals surface area (Å²) in [7, 11) is 2.07. The molecule has 0 saturated carbocycles. The Bertz CT molecular complexity index is 1030. The van der Waals surface area contributed by atoms with Crippen molar-refractivity contribution in [2.24, 2.45) is 5.41 Å². The summed E-state index contributed by atoms with van der Waals surface area (Å²) in [5.74, 6) is 0. The molecule has 0 amide bonds. The van der Waals surface area contributed by atoms with Crippen LogP contribution in [0.4, 0.5) is 22.7 Å². The van der Waals surface area contributed by atoms with E-state index in [-0.39, 0.29) is 0 Å². The fourth-order valence-corrected chi connectivity index (χ4v) is 6.55. The maximum absolute atomic E-state index is 7.25. The largest absolute Gasteiger partial charge is 0.371 e. The van der Waals surface area contributed by atoms with Crippen LogP contribution >= 0.6 is 11.6 Å². The van der Waals surface area contributed by atoms with E-state index in [1.807, 2.05) is 12.1 Å². The number of hydrogen-bond acceptors (Lipinski definition) is 4. The summed E-state index contributed by atoms with van der Waals surface area (Å²) in [6.07, 6.45) is 6.11. The summed E-state index contributed by atoms with van der Waals surface area (Å²) < 4.78 is 0. The minimum Gasteiger partial charge on any atom is -0.371 e. The minimum atomic E-state index is 0.373. The van der Waals surface area contributed by atoms with Gasteiger partial charge in [0, 0.05) is 66.9 Å². The van der Waals surface area contributed by atoms with Crippen LogP contribution in [-0.2, 0) is 0 Å². The SMILES string of the molecule is [C-]#[N+]c1ccc(N2CC3(CCN(c4ccc(N5CCC(NC)CC5)cc4)CC3)C[C@@H]2C)cc1Cl. The molecule has 1 N–H and O–H groups in total. The van der Waals surface area contributed by atoms with Gasteiger partial charge in [-0.15, -0.1) is 0 Å². The zero-order valence-corrected chi connectivity index (χ0v) is 21.2. The smallest absolute Gasteiger partial charge is 0.205 e. The van der Waals surface area contributed by atoms with Crippen LogP contribution in [0, 0.1) is 12.0 Å². The second-order valence-corrected chi connectivity index (χ2v) is 10.9. The van der Waals surface area contributed by atoms with Gasteiger partial charge in [0.05, 0.1) is 6.57 Å². The lowest BCUT2D eigenvalue weighted by molar-refractivity contribution is 0.245. The van der Waals surface area contributed by atoms with Crippen LogP contribution < -0.4 is 20.0 Å². The molecular formula is C28H36ClN5. The van der Waals surface area contributed by atoms with E-state index in [1.54, 1.807) is 0 Å². The molecule has 0 aliphatic carbocycles. The Morgan fingerprint density at radius 1 is 0.941 bits per heavy atom. The number of halogens is 1. The summed E-state index contributed by atoms with van der Waals surface area (Å²) in [5, 5.41) is 3.98. The third kappa shape index (κ3) is 4.59. The highest BCUT2D eigenvalue weighted by Crippen LogP contribution is 2.46. The lowest BCUT2D eigenvalue weighted by Crippen LogP contribution is -2.42. The van der Waals surface area contributed by atoms with Crippen molar-refractivity contribution in [1.29, 1.82) is 0 Å². The van der Waals surface area contributed by atoms with E-state index in [0.717, 1.165) is 38.4 Å². The van der Waals surface area contributed by atoms with Crippen LogP contribution in [-0.4, -0.2) is 51.9 Å². The van der Waals surface area contributed by atoms with Crippen molar-refractivity contribution in [2.75, 3.05) is 54.5 Å². The Hall–Kier alpha value is -2.42. The van der Waals surface area contributed by atoms with Gasteiger partial charge in [0.1, 0.15) is 0 Å². The van der Waals surface area contributed by atoms with E-state index < -0.39 is 0 Å². The van der Waals surface area contributed by atoms with E-state index in [1.165, 1.54) is 43.5 Å². The van der Waals surface area contributed by atoms with Crippen LogP contribution in [0.3, 0.4) is 0 Å². The molecule has 2 aromatic rings. The van der Waals surface area contributed by atoms with E-state index in [4.69, 9.17) is 18.2 Å². The molecule has 1 spiro atoms. The molecule has 2 aromatic carbocycles. The number of rotatable bonds is 4. The van der Waals surface area contributed by atoms with Gasteiger partial charge in [0.2, 0.25) is 5.69 Å². The summed E-state index contributed by atoms with van der Waals surface area (Å²) in [6, 6.07) is 16.3. The van der Waals surface area contributed by atoms with Gasteiger partial charge in [-0.2, -0.15) is 0 Å². The van der Waals surface area contributed by atoms with Crippen molar-refractivity contribution in [3.63, 3.8) is 0 Å². The molecule has 6 heteroatoms. The van der Waals surface area contributed by atoms with Crippen LogP contribution in [0.15, 0.2) is 42.5 Å². The Balaban J connectivity index is 1.19. The van der Waals surface area contributed by atoms with Crippen LogP contribution in [0.2, 0.25) is 5.02 Å². The Kier molecular flexibility index (Phi) is 6.64. The molecule has 0 radical (unpaired) electrons. The third-order valence-electron chi connectivity index (χ3n) is 8.46. The van der Waals surface area contributed by atoms with Crippen LogP contribution in [0.25, 0.3) is 4.85 Å². The Morgan fingerprint density at radius 3 is 2.09 bits per heavy atom. The van der Waals surface area contributed by atoms with Gasteiger partial charge in [0.15, 0.2) is 0 Å². The summed E-state index contributed by atoms with van der Waals surface area (Å²) in [5.41, 5.74) is 4.77. The molecule has 3 aliphatic rings. The highest BCUT2D eigenvalue weighted by molar-refractivity contribution is 6.33. The molecule has 3 heterocycles. The molecular weight excluding hydrogens is 442 g/mol. The Labute approximate surface area is 209 Å². The topological polar surface area (TPSA) is 26.1 Å². The third-order valence-corrected chi connectivity index (χ3v) is 8.76. The standard InChI is InChI=1S/C28H36ClN5/c1-21-19-28(20-34(21)25-8-9-27(31-3)26(29)18-25)12-16-33(17-13-28)24-6-4-23(5-7-24)32-14-10-22(30-2)11-15-32/h4-9,18,21-22,30H,10-17,19-20H2,1-2H3/t21-/m0/s1. The zero-order chi connectivity index (χ0) is 23.7. The minimum absolute atomic E-state index is 0.373. The van der Waals surface area contributed by atoms with E-state index in [0.29, 0.717) is 28.2 Å². The van der Waals surface area contributed by atoms with Crippen molar-refractivity contribution in [1.82, 2.24) is 5.32 Å². The molecule has 3 aliphatic heterocycles. The van der Waals surface area contributed by atoms with Gasteiger partial charge < -0.3 is 20.0 Å². The molecule has 5 rings (SSSR count). The molecule has 0 aromatic heterocycles. The monoisotopic (exact) mass is 477 g/mol. The van der Waals surface area contributed by atoms with E-state index in [9.17, 15) is 0 Å². The average Bonchev–Trinajstić information content (AvgIpc) is 3.20. The first-order valence-electron chi connectivity index (χ1n) is 12.7. The second kappa shape index (κ2) is 9.68. The van der Waals surface area contributed by atoms with Crippen molar-refractivity contribution in [3.05, 3.63) is 58.9 Å². The summed E-state index contributed by atoms with van der Waals surface area (Å²) >= 11 is 6.34. The lowest BCUT2D eigenvalue weighted by Gasteiger charge is -2.40. The van der Waals surface area contributed by atoms with Crippen molar-refractivity contribution in [3.8, 4) is 0 Å². The Morgan fingerprint density at radius 2 is 1.53 bits per heavy atom. The predicted molar refractivity (Wildman–Crippen MR) is 144 cm³/mol.